The maximum Gasteiger partial charge on any atom is 0.305 e. The van der Waals surface area contributed by atoms with Crippen LogP contribution in [0.25, 0.3) is 0 Å². The van der Waals surface area contributed by atoms with Gasteiger partial charge in [0.1, 0.15) is 0 Å². The number of hydrogen-bond acceptors (Lipinski definition) is 6. The summed E-state index contributed by atoms with van der Waals surface area (Å²) in [6, 6.07) is 19.3. The minimum atomic E-state index is -1.04. The highest BCUT2D eigenvalue weighted by Crippen LogP contribution is 2.27. The van der Waals surface area contributed by atoms with Crippen LogP contribution in [0.15, 0.2) is 97.0 Å². The third-order valence-corrected chi connectivity index (χ3v) is 5.46. The van der Waals surface area contributed by atoms with E-state index in [4.69, 9.17) is 5.73 Å². The molecule has 0 aliphatic heterocycles. The Bertz CT molecular complexity index is 1030. The van der Waals surface area contributed by atoms with E-state index in [-0.39, 0.29) is 18.0 Å². The van der Waals surface area contributed by atoms with Gasteiger partial charge in [0, 0.05) is 19.6 Å². The molecule has 1 atom stereocenters. The summed E-state index contributed by atoms with van der Waals surface area (Å²) in [4.78, 5) is 37.5. The summed E-state index contributed by atoms with van der Waals surface area (Å²) in [5.41, 5.74) is 7.55. The van der Waals surface area contributed by atoms with E-state index in [9.17, 15) is 19.5 Å². The molecule has 0 spiro atoms. The van der Waals surface area contributed by atoms with Crippen LogP contribution < -0.4 is 16.4 Å². The van der Waals surface area contributed by atoms with E-state index in [0.717, 1.165) is 11.1 Å². The second-order valence-electron chi connectivity index (χ2n) is 8.33. The molecule has 0 fully saturated rings. The van der Waals surface area contributed by atoms with Crippen LogP contribution >= 0.6 is 0 Å². The smallest absolute Gasteiger partial charge is 0.305 e. The largest absolute Gasteiger partial charge is 0.481 e. The molecule has 1 amide bonds. The highest BCUT2D eigenvalue weighted by atomic mass is 16.4. The molecule has 8 heteroatoms. The zero-order chi connectivity index (χ0) is 26.3. The van der Waals surface area contributed by atoms with Gasteiger partial charge in [-0.2, -0.15) is 0 Å². The lowest BCUT2D eigenvalue weighted by Gasteiger charge is -2.28. The number of aldehydes is 1. The van der Waals surface area contributed by atoms with Gasteiger partial charge in [-0.05, 0) is 42.3 Å². The fourth-order valence-corrected chi connectivity index (χ4v) is 3.77. The summed E-state index contributed by atoms with van der Waals surface area (Å²) in [5.74, 6) is -1.34. The van der Waals surface area contributed by atoms with Crippen LogP contribution in [-0.2, 0) is 14.4 Å². The summed E-state index contributed by atoms with van der Waals surface area (Å²) in [5, 5.41) is 14.7. The molecule has 2 rings (SSSR count). The second kappa shape index (κ2) is 14.8. The number of amides is 1. The molecule has 190 valence electrons. The fourth-order valence-electron chi connectivity index (χ4n) is 3.77. The van der Waals surface area contributed by atoms with Gasteiger partial charge < -0.3 is 26.4 Å². The van der Waals surface area contributed by atoms with Crippen molar-refractivity contribution in [2.24, 2.45) is 5.73 Å². The monoisotopic (exact) mass is 490 g/mol. The van der Waals surface area contributed by atoms with Crippen LogP contribution in [0, 0.1) is 0 Å². The Morgan fingerprint density at radius 2 is 1.67 bits per heavy atom. The number of carbonyl (C=O) groups is 3. The first-order valence-corrected chi connectivity index (χ1v) is 11.7. The van der Waals surface area contributed by atoms with Crippen molar-refractivity contribution in [3.63, 3.8) is 0 Å². The molecule has 0 saturated heterocycles. The van der Waals surface area contributed by atoms with Crippen molar-refractivity contribution in [1.82, 2.24) is 15.5 Å². The fraction of sp³-hybridized carbons (Fsp3) is 0.250. The number of hydrogen-bond donors (Lipinski definition) is 4. The van der Waals surface area contributed by atoms with Crippen LogP contribution in [0.1, 0.15) is 36.4 Å². The highest BCUT2D eigenvalue weighted by Gasteiger charge is 2.19. The van der Waals surface area contributed by atoms with Gasteiger partial charge in [-0.3, -0.25) is 14.4 Å². The number of nitrogens with zero attached hydrogens (tertiary/aromatic N) is 1. The van der Waals surface area contributed by atoms with Crippen LogP contribution in [0.2, 0.25) is 0 Å². The second-order valence-corrected chi connectivity index (χ2v) is 8.33. The maximum absolute atomic E-state index is 12.7. The Labute approximate surface area is 212 Å². The van der Waals surface area contributed by atoms with Gasteiger partial charge in [0.25, 0.3) is 5.91 Å². The zero-order valence-electron chi connectivity index (χ0n) is 20.5. The lowest BCUT2D eigenvalue weighted by atomic mass is 9.98. The van der Waals surface area contributed by atoms with E-state index in [1.807, 2.05) is 72.6 Å². The Hall–Kier alpha value is -4.33. The van der Waals surface area contributed by atoms with E-state index < -0.39 is 17.9 Å². The predicted molar refractivity (Wildman–Crippen MR) is 141 cm³/mol. The van der Waals surface area contributed by atoms with Crippen LogP contribution in [-0.4, -0.2) is 47.8 Å². The third-order valence-electron chi connectivity index (χ3n) is 5.46. The van der Waals surface area contributed by atoms with Crippen LogP contribution in [0.3, 0.4) is 0 Å². The van der Waals surface area contributed by atoms with Crippen LogP contribution in [0.4, 0.5) is 0 Å². The van der Waals surface area contributed by atoms with Crippen molar-refractivity contribution in [1.29, 1.82) is 0 Å². The number of aliphatic carboxylic acids is 1. The summed E-state index contributed by atoms with van der Waals surface area (Å²) in [6.45, 7) is 4.03. The zero-order valence-corrected chi connectivity index (χ0v) is 20.5. The van der Waals surface area contributed by atoms with Gasteiger partial charge >= 0.3 is 5.97 Å². The first-order chi connectivity index (χ1) is 17.3. The Morgan fingerprint density at radius 1 is 1.08 bits per heavy atom. The quantitative estimate of drug-likeness (QED) is 0.0755. The molecule has 5 N–H and O–H groups in total. The van der Waals surface area contributed by atoms with E-state index in [2.05, 4.69) is 17.2 Å². The van der Waals surface area contributed by atoms with Crippen molar-refractivity contribution in [3.8, 4) is 0 Å². The number of carbonyl (C=O) groups excluding carboxylic acids is 2. The molecule has 0 aliphatic rings. The number of carboxylic acids is 1. The summed E-state index contributed by atoms with van der Waals surface area (Å²) < 4.78 is 0. The number of carboxylic acid groups (broad SMARTS) is 1. The van der Waals surface area contributed by atoms with Crippen LogP contribution in [0.5, 0.6) is 0 Å². The Kier molecular flexibility index (Phi) is 11.5. The average molecular weight is 491 g/mol. The summed E-state index contributed by atoms with van der Waals surface area (Å²) >= 11 is 0. The first-order valence-electron chi connectivity index (χ1n) is 11.7. The van der Waals surface area contributed by atoms with Crippen molar-refractivity contribution in [2.45, 2.75) is 31.3 Å². The molecule has 0 aromatic heterocycles. The molecular formula is C28H34N4O4. The number of allylic oxidation sites excluding steroid dienone is 2. The normalized spacial score (nSPS) is 12.2. The minimum Gasteiger partial charge on any atom is -0.481 e. The van der Waals surface area contributed by atoms with Gasteiger partial charge in [0.15, 0.2) is 6.29 Å². The van der Waals surface area contributed by atoms with Gasteiger partial charge in [-0.25, -0.2) is 0 Å². The van der Waals surface area contributed by atoms with Crippen molar-refractivity contribution in [2.75, 3.05) is 13.6 Å². The van der Waals surface area contributed by atoms with Crippen molar-refractivity contribution < 1.29 is 19.5 Å². The molecule has 2 aromatic carbocycles. The van der Waals surface area contributed by atoms with E-state index in [0.29, 0.717) is 31.5 Å². The van der Waals surface area contributed by atoms with Crippen molar-refractivity contribution >= 4 is 18.2 Å². The van der Waals surface area contributed by atoms with Gasteiger partial charge in [-0.15, -0.1) is 0 Å². The van der Waals surface area contributed by atoms with E-state index in [1.165, 1.54) is 6.08 Å². The lowest BCUT2D eigenvalue weighted by Crippen LogP contribution is -2.38. The molecule has 0 radical (unpaired) electrons. The highest BCUT2D eigenvalue weighted by molar-refractivity contribution is 6.10. The molecule has 36 heavy (non-hydrogen) atoms. The van der Waals surface area contributed by atoms with Gasteiger partial charge in [0.2, 0.25) is 0 Å². The number of nitrogens with one attached hydrogen (secondary N) is 2. The summed E-state index contributed by atoms with van der Waals surface area (Å²) in [7, 11) is 1.92. The number of benzene rings is 2. The molecule has 0 saturated carbocycles. The van der Waals surface area contributed by atoms with Crippen molar-refractivity contribution in [3.05, 3.63) is 108 Å². The molecule has 0 heterocycles. The first kappa shape index (κ1) is 27.9. The molecule has 2 aromatic rings. The molecule has 0 bridgehead atoms. The Balaban J connectivity index is 2.11. The lowest BCUT2D eigenvalue weighted by molar-refractivity contribution is -0.137. The number of nitrogens with two attached hydrogens (primary N) is 1. The standard InChI is InChI=1S/C28H34N4O4/c1-21(29)30-17-9-16-25(19-26(34)35)31-28(36)24(20-33)15-10-18-32(2)27(22-11-5-3-6-12-22)23-13-7-4-8-14-23/h3-8,10-15,18,20,25,27,30H,1,9,16-17,19,29H2,2H3,(H,31,36)(H,34,35)/b18-10-,24-15+. The van der Waals surface area contributed by atoms with E-state index >= 15 is 0 Å². The number of rotatable bonds is 15. The topological polar surface area (TPSA) is 125 Å². The molecule has 8 nitrogen and oxygen atoms in total. The summed E-state index contributed by atoms with van der Waals surface area (Å²) in [6.07, 6.45) is 6.02. The molecule has 0 aliphatic carbocycles. The van der Waals surface area contributed by atoms with Gasteiger partial charge in [0.05, 0.1) is 23.9 Å². The third kappa shape index (κ3) is 9.50. The minimum absolute atomic E-state index is 0.0660. The maximum atomic E-state index is 12.7. The SMILES string of the molecule is C=C(N)NCCCC(CC(=O)O)NC(=O)/C(C=O)=C/C=C\N(C)C(c1ccccc1)c1ccccc1. The predicted octanol–water partition coefficient (Wildman–Crippen LogP) is 3.11. The molecular weight excluding hydrogens is 456 g/mol. The Morgan fingerprint density at radius 3 is 2.17 bits per heavy atom. The van der Waals surface area contributed by atoms with Gasteiger partial charge in [-0.1, -0.05) is 67.2 Å². The average Bonchev–Trinajstić information content (AvgIpc) is 2.85. The van der Waals surface area contributed by atoms with E-state index in [1.54, 1.807) is 12.3 Å². The molecule has 1 unspecified atom stereocenters.